The smallest absolute Gasteiger partial charge is 0.252 e. The summed E-state index contributed by atoms with van der Waals surface area (Å²) in [6, 6.07) is 15.3. The van der Waals surface area contributed by atoms with Crippen molar-refractivity contribution in [3.05, 3.63) is 54.1 Å². The molecule has 0 saturated heterocycles. The summed E-state index contributed by atoms with van der Waals surface area (Å²) < 4.78 is 10.9. The number of para-hydroxylation sites is 1. The van der Waals surface area contributed by atoms with Crippen LogP contribution < -0.4 is 14.8 Å². The van der Waals surface area contributed by atoms with Crippen LogP contribution >= 0.6 is 0 Å². The van der Waals surface area contributed by atoms with Crippen molar-refractivity contribution in [2.45, 2.75) is 71.1 Å². The number of methoxy groups -OCH3 is 2. The van der Waals surface area contributed by atoms with E-state index in [1.165, 1.54) is 51.4 Å². The minimum absolute atomic E-state index is 0.0618. The number of rotatable bonds is 15. The standard InChI is InChI=1S/C30H40N2O3/c1-4-5-6-7-8-9-10-11-12-15-20-31-30(33)26-22-28(32-27-17-14-13-16-24(26)27)25-19-18-23(34-2)21-29(25)35-3/h13-14,16-19,21-22H,4-12,15,20H2,1-3H3,(H,31,33). The molecule has 1 aromatic heterocycles. The van der Waals surface area contributed by atoms with Crippen LogP contribution in [-0.4, -0.2) is 31.7 Å². The van der Waals surface area contributed by atoms with Crippen molar-refractivity contribution >= 4 is 16.8 Å². The van der Waals surface area contributed by atoms with Crippen LogP contribution in [0.1, 0.15) is 81.5 Å². The van der Waals surface area contributed by atoms with Gasteiger partial charge in [0.1, 0.15) is 11.5 Å². The summed E-state index contributed by atoms with van der Waals surface area (Å²) in [6.07, 6.45) is 12.8. The second-order valence-electron chi connectivity index (χ2n) is 9.08. The molecule has 0 saturated carbocycles. The maximum Gasteiger partial charge on any atom is 0.252 e. The Kier molecular flexibility index (Phi) is 10.9. The summed E-state index contributed by atoms with van der Waals surface area (Å²) in [5, 5.41) is 3.98. The van der Waals surface area contributed by atoms with Crippen LogP contribution in [0.4, 0.5) is 0 Å². The highest BCUT2D eigenvalue weighted by atomic mass is 16.5. The molecule has 0 aliphatic heterocycles. The molecule has 0 bridgehead atoms. The first-order valence-electron chi connectivity index (χ1n) is 13.1. The summed E-state index contributed by atoms with van der Waals surface area (Å²) in [7, 11) is 3.25. The van der Waals surface area contributed by atoms with Gasteiger partial charge >= 0.3 is 0 Å². The molecule has 0 atom stereocenters. The Morgan fingerprint density at radius 1 is 0.829 bits per heavy atom. The third-order valence-electron chi connectivity index (χ3n) is 6.46. The average molecular weight is 477 g/mol. The zero-order valence-corrected chi connectivity index (χ0v) is 21.6. The van der Waals surface area contributed by atoms with E-state index in [0.29, 0.717) is 29.3 Å². The lowest BCUT2D eigenvalue weighted by Crippen LogP contribution is -2.24. The minimum Gasteiger partial charge on any atom is -0.497 e. The zero-order valence-electron chi connectivity index (χ0n) is 21.6. The number of pyridine rings is 1. The lowest BCUT2D eigenvalue weighted by atomic mass is 10.0. The molecule has 0 radical (unpaired) electrons. The van der Waals surface area contributed by atoms with Crippen LogP contribution in [0.25, 0.3) is 22.2 Å². The van der Waals surface area contributed by atoms with Gasteiger partial charge < -0.3 is 14.8 Å². The number of carbonyl (C=O) groups excluding carboxylic acids is 1. The molecule has 1 heterocycles. The van der Waals surface area contributed by atoms with Crippen molar-refractivity contribution in [2.24, 2.45) is 0 Å². The van der Waals surface area contributed by atoms with Crippen molar-refractivity contribution in [1.82, 2.24) is 10.3 Å². The van der Waals surface area contributed by atoms with E-state index in [9.17, 15) is 4.79 Å². The second kappa shape index (κ2) is 14.3. The number of nitrogens with one attached hydrogen (secondary N) is 1. The summed E-state index contributed by atoms with van der Waals surface area (Å²) in [4.78, 5) is 18.0. The number of aromatic nitrogens is 1. The van der Waals surface area contributed by atoms with Gasteiger partial charge in [-0.15, -0.1) is 0 Å². The molecule has 5 heteroatoms. The first-order chi connectivity index (χ1) is 17.2. The van der Waals surface area contributed by atoms with Crippen LogP contribution in [0.15, 0.2) is 48.5 Å². The number of hydrogen-bond donors (Lipinski definition) is 1. The van der Waals surface area contributed by atoms with Crippen LogP contribution in [0.2, 0.25) is 0 Å². The number of ether oxygens (including phenoxy) is 2. The van der Waals surface area contributed by atoms with E-state index >= 15 is 0 Å². The fraction of sp³-hybridized carbons (Fsp3) is 0.467. The topological polar surface area (TPSA) is 60.5 Å². The van der Waals surface area contributed by atoms with E-state index in [1.54, 1.807) is 14.2 Å². The lowest BCUT2D eigenvalue weighted by molar-refractivity contribution is 0.0954. The summed E-state index contributed by atoms with van der Waals surface area (Å²) in [5.41, 5.74) is 2.94. The van der Waals surface area contributed by atoms with Crippen molar-refractivity contribution < 1.29 is 14.3 Å². The number of carbonyl (C=O) groups is 1. The van der Waals surface area contributed by atoms with Gasteiger partial charge in [0.15, 0.2) is 0 Å². The van der Waals surface area contributed by atoms with E-state index in [0.717, 1.165) is 29.3 Å². The molecular formula is C30H40N2O3. The quantitative estimate of drug-likeness (QED) is 0.230. The van der Waals surface area contributed by atoms with Crippen LogP contribution in [0, 0.1) is 0 Å². The van der Waals surface area contributed by atoms with Gasteiger partial charge in [-0.25, -0.2) is 4.98 Å². The SMILES string of the molecule is CCCCCCCCCCCCNC(=O)c1cc(-c2ccc(OC)cc2OC)nc2ccccc12. The van der Waals surface area contributed by atoms with E-state index in [4.69, 9.17) is 14.5 Å². The fourth-order valence-electron chi connectivity index (χ4n) is 4.42. The molecule has 5 nitrogen and oxygen atoms in total. The Labute approximate surface area is 210 Å². The molecule has 0 spiro atoms. The summed E-state index contributed by atoms with van der Waals surface area (Å²) >= 11 is 0. The summed E-state index contributed by atoms with van der Waals surface area (Å²) in [5.74, 6) is 1.30. The molecule has 0 aliphatic carbocycles. The Hall–Kier alpha value is -3.08. The number of nitrogens with zero attached hydrogens (tertiary/aromatic N) is 1. The number of fused-ring (bicyclic) bond motifs is 1. The van der Waals surface area contributed by atoms with Crippen molar-refractivity contribution in [3.8, 4) is 22.8 Å². The highest BCUT2D eigenvalue weighted by molar-refractivity contribution is 6.07. The van der Waals surface area contributed by atoms with Gasteiger partial charge in [0.25, 0.3) is 5.91 Å². The van der Waals surface area contributed by atoms with Gasteiger partial charge in [0.05, 0.1) is 31.0 Å². The maximum atomic E-state index is 13.2. The fourth-order valence-corrected chi connectivity index (χ4v) is 4.42. The molecule has 35 heavy (non-hydrogen) atoms. The number of unbranched alkanes of at least 4 members (excludes halogenated alkanes) is 9. The predicted molar refractivity (Wildman–Crippen MR) is 144 cm³/mol. The largest absolute Gasteiger partial charge is 0.497 e. The van der Waals surface area contributed by atoms with E-state index in [2.05, 4.69) is 12.2 Å². The van der Waals surface area contributed by atoms with Crippen molar-refractivity contribution in [1.29, 1.82) is 0 Å². The highest BCUT2D eigenvalue weighted by Gasteiger charge is 2.16. The van der Waals surface area contributed by atoms with Crippen molar-refractivity contribution in [2.75, 3.05) is 20.8 Å². The van der Waals surface area contributed by atoms with Crippen LogP contribution in [0.3, 0.4) is 0 Å². The van der Waals surface area contributed by atoms with Gasteiger partial charge in [-0.05, 0) is 30.7 Å². The first kappa shape index (κ1) is 26.5. The molecule has 0 aliphatic rings. The average Bonchev–Trinajstić information content (AvgIpc) is 2.90. The number of amides is 1. The molecular weight excluding hydrogens is 436 g/mol. The normalized spacial score (nSPS) is 10.9. The van der Waals surface area contributed by atoms with Gasteiger partial charge in [0.2, 0.25) is 0 Å². The van der Waals surface area contributed by atoms with Gasteiger partial charge in [-0.2, -0.15) is 0 Å². The Morgan fingerprint density at radius 2 is 1.51 bits per heavy atom. The Balaban J connectivity index is 1.61. The zero-order chi connectivity index (χ0) is 24.9. The Morgan fingerprint density at radius 3 is 2.20 bits per heavy atom. The van der Waals surface area contributed by atoms with Crippen molar-refractivity contribution in [3.63, 3.8) is 0 Å². The van der Waals surface area contributed by atoms with Crippen LogP contribution in [0.5, 0.6) is 11.5 Å². The molecule has 1 N–H and O–H groups in total. The van der Waals surface area contributed by atoms with Gasteiger partial charge in [-0.3, -0.25) is 4.79 Å². The summed E-state index contributed by atoms with van der Waals surface area (Å²) in [6.45, 7) is 2.94. The third kappa shape index (κ3) is 7.71. The second-order valence-corrected chi connectivity index (χ2v) is 9.08. The maximum absolute atomic E-state index is 13.2. The first-order valence-corrected chi connectivity index (χ1v) is 13.1. The number of benzene rings is 2. The highest BCUT2D eigenvalue weighted by Crippen LogP contribution is 2.34. The van der Waals surface area contributed by atoms with E-state index in [1.807, 2.05) is 48.5 Å². The molecule has 3 rings (SSSR count). The van der Waals surface area contributed by atoms with Crippen LogP contribution in [-0.2, 0) is 0 Å². The minimum atomic E-state index is -0.0618. The van der Waals surface area contributed by atoms with Gasteiger partial charge in [0, 0.05) is 23.6 Å². The predicted octanol–water partition coefficient (Wildman–Crippen LogP) is 7.57. The molecule has 0 fully saturated rings. The molecule has 188 valence electrons. The Bertz CT molecular complexity index is 1080. The molecule has 0 unspecified atom stereocenters. The monoisotopic (exact) mass is 476 g/mol. The van der Waals surface area contributed by atoms with Gasteiger partial charge in [-0.1, -0.05) is 82.9 Å². The third-order valence-corrected chi connectivity index (χ3v) is 6.46. The van der Waals surface area contributed by atoms with E-state index in [-0.39, 0.29) is 5.91 Å². The van der Waals surface area contributed by atoms with E-state index < -0.39 is 0 Å². The number of hydrogen-bond acceptors (Lipinski definition) is 4. The molecule has 3 aromatic rings. The lowest BCUT2D eigenvalue weighted by Gasteiger charge is -2.13. The molecule has 1 amide bonds. The molecule has 2 aromatic carbocycles.